The first kappa shape index (κ1) is 10.6. The summed E-state index contributed by atoms with van der Waals surface area (Å²) < 4.78 is 9.77. The Bertz CT molecular complexity index is 129. The van der Waals surface area contributed by atoms with Gasteiger partial charge in [-0.3, -0.25) is 4.79 Å². The first-order valence-corrected chi connectivity index (χ1v) is 3.57. The molecule has 0 fully saturated rings. The minimum atomic E-state index is -0.365. The van der Waals surface area contributed by atoms with Crippen LogP contribution < -0.4 is 0 Å². The molecule has 0 atom stereocenters. The minimum absolute atomic E-state index is 0.0688. The molecule has 0 radical (unpaired) electrons. The Morgan fingerprint density at radius 1 is 1.36 bits per heavy atom. The van der Waals surface area contributed by atoms with Crippen molar-refractivity contribution in [3.8, 4) is 0 Å². The van der Waals surface area contributed by atoms with Crippen LogP contribution in [0.15, 0.2) is 0 Å². The van der Waals surface area contributed by atoms with E-state index >= 15 is 0 Å². The third kappa shape index (κ3) is 4.93. The molecule has 0 saturated carbocycles. The van der Waals surface area contributed by atoms with Crippen LogP contribution in [0.4, 0.5) is 0 Å². The molecule has 0 aromatic carbocycles. The van der Waals surface area contributed by atoms with Crippen LogP contribution in [0, 0.1) is 0 Å². The number of hydrogen-bond acceptors (Lipinski definition) is 3. The van der Waals surface area contributed by atoms with Gasteiger partial charge < -0.3 is 9.47 Å². The molecule has 0 rings (SSSR count). The molecule has 3 nitrogen and oxygen atoms in total. The number of ether oxygens (including phenoxy) is 2. The Morgan fingerprint density at radius 2 is 1.91 bits per heavy atom. The van der Waals surface area contributed by atoms with Gasteiger partial charge in [0.15, 0.2) is 5.78 Å². The molecule has 3 heteroatoms. The zero-order valence-electron chi connectivity index (χ0n) is 7.64. The quantitative estimate of drug-likeness (QED) is 0.602. The van der Waals surface area contributed by atoms with E-state index in [2.05, 4.69) is 4.74 Å². The van der Waals surface area contributed by atoms with Gasteiger partial charge in [0.25, 0.3) is 0 Å². The van der Waals surface area contributed by atoms with Crippen molar-refractivity contribution in [2.24, 2.45) is 0 Å². The molecule has 0 bridgehead atoms. The summed E-state index contributed by atoms with van der Waals surface area (Å²) >= 11 is 0. The Hall–Kier alpha value is -0.410. The van der Waals surface area contributed by atoms with Crippen molar-refractivity contribution in [3.05, 3.63) is 0 Å². The predicted molar refractivity (Wildman–Crippen MR) is 42.6 cm³/mol. The fraction of sp³-hybridized carbons (Fsp3) is 0.875. The lowest BCUT2D eigenvalue weighted by Crippen LogP contribution is -2.27. The van der Waals surface area contributed by atoms with Gasteiger partial charge in [-0.05, 0) is 13.8 Å². The van der Waals surface area contributed by atoms with Crippen LogP contribution in [0.25, 0.3) is 0 Å². The zero-order valence-corrected chi connectivity index (χ0v) is 7.64. The first-order valence-electron chi connectivity index (χ1n) is 3.57. The number of methoxy groups -OCH3 is 2. The molecule has 0 saturated heterocycles. The normalized spacial score (nSPS) is 11.6. The lowest BCUT2D eigenvalue weighted by atomic mass is 10.0. The summed E-state index contributed by atoms with van der Waals surface area (Å²) in [5.74, 6) is 0.0688. The molecule has 0 aliphatic rings. The van der Waals surface area contributed by atoms with Crippen molar-refractivity contribution in [1.29, 1.82) is 0 Å². The summed E-state index contributed by atoms with van der Waals surface area (Å²) in [5.41, 5.74) is -0.365. The number of hydrogen-bond donors (Lipinski definition) is 0. The monoisotopic (exact) mass is 160 g/mol. The van der Waals surface area contributed by atoms with Crippen molar-refractivity contribution in [3.63, 3.8) is 0 Å². The summed E-state index contributed by atoms with van der Waals surface area (Å²) in [6.45, 7) is 3.92. The van der Waals surface area contributed by atoms with Crippen LogP contribution in [0.1, 0.15) is 20.3 Å². The van der Waals surface area contributed by atoms with E-state index in [4.69, 9.17) is 4.74 Å². The highest BCUT2D eigenvalue weighted by atomic mass is 16.5. The Kier molecular flexibility index (Phi) is 4.30. The molecular weight excluding hydrogens is 144 g/mol. The van der Waals surface area contributed by atoms with E-state index in [9.17, 15) is 4.79 Å². The molecule has 0 aromatic heterocycles. The van der Waals surface area contributed by atoms with Crippen LogP contribution in [0.3, 0.4) is 0 Å². The molecule has 0 N–H and O–H groups in total. The number of ketones is 1. The Labute approximate surface area is 67.7 Å². The number of carbonyl (C=O) groups excluding carboxylic acids is 1. The predicted octanol–water partition coefficient (Wildman–Crippen LogP) is 1.02. The average Bonchev–Trinajstić information content (AvgIpc) is 1.87. The molecule has 0 heterocycles. The summed E-state index contributed by atoms with van der Waals surface area (Å²) in [4.78, 5) is 11.0. The molecule has 11 heavy (non-hydrogen) atoms. The van der Waals surface area contributed by atoms with E-state index in [-0.39, 0.29) is 18.0 Å². The van der Waals surface area contributed by atoms with Crippen molar-refractivity contribution in [1.82, 2.24) is 0 Å². The van der Waals surface area contributed by atoms with E-state index in [0.717, 1.165) is 0 Å². The van der Waals surface area contributed by atoms with Crippen LogP contribution in [-0.4, -0.2) is 32.2 Å². The first-order chi connectivity index (χ1) is 5.02. The highest BCUT2D eigenvalue weighted by Crippen LogP contribution is 2.12. The maximum Gasteiger partial charge on any atom is 0.161 e. The Morgan fingerprint density at radius 3 is 2.27 bits per heavy atom. The fourth-order valence-electron chi connectivity index (χ4n) is 0.759. The van der Waals surface area contributed by atoms with Crippen LogP contribution in [0.2, 0.25) is 0 Å². The molecule has 0 amide bonds. The van der Waals surface area contributed by atoms with E-state index < -0.39 is 0 Å². The SMILES string of the molecule is COCC(=O)CC(C)(C)OC. The fourth-order valence-corrected chi connectivity index (χ4v) is 0.759. The van der Waals surface area contributed by atoms with E-state index in [1.165, 1.54) is 7.11 Å². The smallest absolute Gasteiger partial charge is 0.161 e. The van der Waals surface area contributed by atoms with E-state index in [1.54, 1.807) is 7.11 Å². The van der Waals surface area contributed by atoms with Gasteiger partial charge in [0.2, 0.25) is 0 Å². The summed E-state index contributed by atoms with van der Waals surface area (Å²) in [7, 11) is 3.11. The maximum absolute atomic E-state index is 11.0. The van der Waals surface area contributed by atoms with Gasteiger partial charge in [0.1, 0.15) is 6.61 Å². The average molecular weight is 160 g/mol. The lowest BCUT2D eigenvalue weighted by Gasteiger charge is -2.21. The lowest BCUT2D eigenvalue weighted by molar-refractivity contribution is -0.127. The van der Waals surface area contributed by atoms with Gasteiger partial charge in [-0.15, -0.1) is 0 Å². The van der Waals surface area contributed by atoms with Gasteiger partial charge in [-0.1, -0.05) is 0 Å². The molecule has 0 aromatic rings. The van der Waals surface area contributed by atoms with Gasteiger partial charge in [0.05, 0.1) is 5.60 Å². The number of carbonyl (C=O) groups is 1. The van der Waals surface area contributed by atoms with Gasteiger partial charge >= 0.3 is 0 Å². The summed E-state index contributed by atoms with van der Waals surface area (Å²) in [6.07, 6.45) is 0.400. The summed E-state index contributed by atoms with van der Waals surface area (Å²) in [5, 5.41) is 0. The van der Waals surface area contributed by atoms with E-state index in [1.807, 2.05) is 13.8 Å². The Balaban J connectivity index is 3.74. The molecular formula is C8H16O3. The van der Waals surface area contributed by atoms with Crippen molar-refractivity contribution in [2.75, 3.05) is 20.8 Å². The maximum atomic E-state index is 11.0. The standard InChI is InChI=1S/C8H16O3/c1-8(2,11-4)5-7(9)6-10-3/h5-6H2,1-4H3. The van der Waals surface area contributed by atoms with E-state index in [0.29, 0.717) is 6.42 Å². The third-order valence-electron chi connectivity index (χ3n) is 1.48. The highest BCUT2D eigenvalue weighted by Gasteiger charge is 2.20. The second-order valence-corrected chi connectivity index (χ2v) is 3.11. The van der Waals surface area contributed by atoms with Crippen molar-refractivity contribution in [2.45, 2.75) is 25.9 Å². The van der Waals surface area contributed by atoms with Crippen LogP contribution in [0.5, 0.6) is 0 Å². The second-order valence-electron chi connectivity index (χ2n) is 3.11. The van der Waals surface area contributed by atoms with Gasteiger partial charge in [-0.25, -0.2) is 0 Å². The molecule has 0 aliphatic carbocycles. The topological polar surface area (TPSA) is 35.5 Å². The second kappa shape index (κ2) is 4.46. The zero-order chi connectivity index (χ0) is 8.91. The molecule has 0 unspecified atom stereocenters. The third-order valence-corrected chi connectivity index (χ3v) is 1.48. The van der Waals surface area contributed by atoms with Crippen LogP contribution >= 0.6 is 0 Å². The number of Topliss-reactive ketones (excluding diaryl/α,β-unsaturated/α-hetero) is 1. The largest absolute Gasteiger partial charge is 0.378 e. The van der Waals surface area contributed by atoms with Crippen molar-refractivity contribution >= 4 is 5.78 Å². The highest BCUT2D eigenvalue weighted by molar-refractivity contribution is 5.80. The molecule has 66 valence electrons. The number of rotatable bonds is 5. The van der Waals surface area contributed by atoms with Gasteiger partial charge in [-0.2, -0.15) is 0 Å². The molecule has 0 spiro atoms. The van der Waals surface area contributed by atoms with Gasteiger partial charge in [0, 0.05) is 20.6 Å². The summed E-state index contributed by atoms with van der Waals surface area (Å²) in [6, 6.07) is 0. The minimum Gasteiger partial charge on any atom is -0.378 e. The van der Waals surface area contributed by atoms with Crippen molar-refractivity contribution < 1.29 is 14.3 Å². The van der Waals surface area contributed by atoms with Crippen LogP contribution in [-0.2, 0) is 14.3 Å². The molecule has 0 aliphatic heterocycles.